The topological polar surface area (TPSA) is 37.8 Å². The first-order valence-electron chi connectivity index (χ1n) is 9.81. The summed E-state index contributed by atoms with van der Waals surface area (Å²) in [6.07, 6.45) is 6.36. The Morgan fingerprint density at radius 1 is 1.07 bits per heavy atom. The standard InChI is InChI=1S/C23H23Cl2N3/c1-2-3-6-11-26-23-27-14-16-12-19(15-9-10-20(24)21(25)13-15)17-7-4-5-8-18(17)22(16)28-23/h4-5,7-10,13-14,19H,2-3,6,11-12H2,1H3,(H,26,27,28)/t19-/m1/s1. The Morgan fingerprint density at radius 2 is 1.93 bits per heavy atom. The van der Waals surface area contributed by atoms with Crippen LogP contribution in [0.4, 0.5) is 5.95 Å². The second kappa shape index (κ2) is 8.50. The summed E-state index contributed by atoms with van der Waals surface area (Å²) >= 11 is 12.4. The van der Waals surface area contributed by atoms with E-state index in [4.69, 9.17) is 28.2 Å². The summed E-state index contributed by atoms with van der Waals surface area (Å²) in [5.74, 6) is 0.920. The molecule has 3 aromatic rings. The van der Waals surface area contributed by atoms with Gasteiger partial charge in [-0.05, 0) is 41.7 Å². The minimum Gasteiger partial charge on any atom is -0.354 e. The molecule has 5 heteroatoms. The summed E-state index contributed by atoms with van der Waals surface area (Å²) in [5, 5.41) is 4.53. The van der Waals surface area contributed by atoms with Crippen molar-refractivity contribution >= 4 is 29.2 Å². The molecular formula is C23H23Cl2N3. The van der Waals surface area contributed by atoms with Crippen molar-refractivity contribution in [2.45, 2.75) is 38.5 Å². The predicted octanol–water partition coefficient (Wildman–Crippen LogP) is 6.74. The molecule has 1 aliphatic carbocycles. The third kappa shape index (κ3) is 3.87. The molecule has 0 fully saturated rings. The Kier molecular flexibility index (Phi) is 5.84. The van der Waals surface area contributed by atoms with Gasteiger partial charge in [-0.3, -0.25) is 0 Å². The number of hydrogen-bond donors (Lipinski definition) is 1. The lowest BCUT2D eigenvalue weighted by molar-refractivity contribution is 0.739. The van der Waals surface area contributed by atoms with Crippen molar-refractivity contribution in [2.24, 2.45) is 0 Å². The predicted molar refractivity (Wildman–Crippen MR) is 117 cm³/mol. The third-order valence-corrected chi connectivity index (χ3v) is 6.03. The van der Waals surface area contributed by atoms with Gasteiger partial charge in [0.25, 0.3) is 0 Å². The lowest BCUT2D eigenvalue weighted by Gasteiger charge is -2.27. The van der Waals surface area contributed by atoms with E-state index < -0.39 is 0 Å². The van der Waals surface area contributed by atoms with Crippen LogP contribution in [0.25, 0.3) is 11.3 Å². The van der Waals surface area contributed by atoms with E-state index in [0.29, 0.717) is 16.0 Å². The molecular weight excluding hydrogens is 389 g/mol. The van der Waals surface area contributed by atoms with Crippen LogP contribution in [0, 0.1) is 0 Å². The number of hydrogen-bond acceptors (Lipinski definition) is 3. The molecule has 28 heavy (non-hydrogen) atoms. The second-order valence-electron chi connectivity index (χ2n) is 7.22. The normalized spacial score (nSPS) is 15.0. The highest BCUT2D eigenvalue weighted by Gasteiger charge is 2.27. The van der Waals surface area contributed by atoms with Crippen LogP contribution in [0.15, 0.2) is 48.7 Å². The fraction of sp³-hybridized carbons (Fsp3) is 0.304. The van der Waals surface area contributed by atoms with Crippen molar-refractivity contribution in [1.29, 1.82) is 0 Å². The molecule has 1 N–H and O–H groups in total. The number of anilines is 1. The zero-order chi connectivity index (χ0) is 19.5. The summed E-state index contributed by atoms with van der Waals surface area (Å²) in [6.45, 7) is 3.11. The number of benzene rings is 2. The Bertz CT molecular complexity index is 987. The van der Waals surface area contributed by atoms with Crippen molar-refractivity contribution in [3.05, 3.63) is 75.4 Å². The van der Waals surface area contributed by atoms with Gasteiger partial charge in [0.2, 0.25) is 5.95 Å². The van der Waals surface area contributed by atoms with E-state index in [1.165, 1.54) is 24.0 Å². The summed E-state index contributed by atoms with van der Waals surface area (Å²) in [4.78, 5) is 9.40. The zero-order valence-electron chi connectivity index (χ0n) is 15.9. The Morgan fingerprint density at radius 3 is 2.75 bits per heavy atom. The first-order chi connectivity index (χ1) is 13.7. The van der Waals surface area contributed by atoms with Crippen LogP contribution in [0.1, 0.15) is 48.8 Å². The monoisotopic (exact) mass is 411 g/mol. The Labute approximate surface area is 176 Å². The molecule has 0 radical (unpaired) electrons. The number of aromatic nitrogens is 2. The van der Waals surface area contributed by atoms with Gasteiger partial charge in [0.1, 0.15) is 0 Å². The fourth-order valence-corrected chi connectivity index (χ4v) is 4.13. The van der Waals surface area contributed by atoms with Crippen molar-refractivity contribution in [1.82, 2.24) is 9.97 Å². The highest BCUT2D eigenvalue weighted by atomic mass is 35.5. The molecule has 1 aliphatic rings. The molecule has 4 rings (SSSR count). The summed E-state index contributed by atoms with van der Waals surface area (Å²) in [7, 11) is 0. The molecule has 0 bridgehead atoms. The van der Waals surface area contributed by atoms with Crippen molar-refractivity contribution in [2.75, 3.05) is 11.9 Å². The highest BCUT2D eigenvalue weighted by molar-refractivity contribution is 6.42. The molecule has 144 valence electrons. The van der Waals surface area contributed by atoms with Gasteiger partial charge in [0.05, 0.1) is 15.7 Å². The summed E-state index contributed by atoms with van der Waals surface area (Å²) < 4.78 is 0. The summed E-state index contributed by atoms with van der Waals surface area (Å²) in [6, 6.07) is 14.4. The van der Waals surface area contributed by atoms with Crippen LogP contribution < -0.4 is 5.32 Å². The maximum atomic E-state index is 6.29. The molecule has 0 amide bonds. The average Bonchev–Trinajstić information content (AvgIpc) is 2.73. The van der Waals surface area contributed by atoms with Gasteiger partial charge in [-0.15, -0.1) is 0 Å². The number of rotatable bonds is 6. The van der Waals surface area contributed by atoms with E-state index >= 15 is 0 Å². The first-order valence-corrected chi connectivity index (χ1v) is 10.6. The van der Waals surface area contributed by atoms with Crippen molar-refractivity contribution in [3.63, 3.8) is 0 Å². The molecule has 1 aromatic heterocycles. The molecule has 1 heterocycles. The van der Waals surface area contributed by atoms with E-state index in [1.54, 1.807) is 0 Å². The van der Waals surface area contributed by atoms with Crippen LogP contribution in [0.2, 0.25) is 10.0 Å². The van der Waals surface area contributed by atoms with E-state index in [1.807, 2.05) is 18.3 Å². The van der Waals surface area contributed by atoms with Crippen LogP contribution in [-0.4, -0.2) is 16.5 Å². The average molecular weight is 412 g/mol. The fourth-order valence-electron chi connectivity index (χ4n) is 3.82. The van der Waals surface area contributed by atoms with Gasteiger partial charge >= 0.3 is 0 Å². The largest absolute Gasteiger partial charge is 0.354 e. The lowest BCUT2D eigenvalue weighted by Crippen LogP contribution is -2.15. The van der Waals surface area contributed by atoms with Crippen LogP contribution in [0.3, 0.4) is 0 Å². The van der Waals surface area contributed by atoms with Crippen molar-refractivity contribution in [3.8, 4) is 11.3 Å². The van der Waals surface area contributed by atoms with Gasteiger partial charge in [-0.25, -0.2) is 9.97 Å². The lowest BCUT2D eigenvalue weighted by atomic mass is 9.78. The maximum Gasteiger partial charge on any atom is 0.223 e. The van der Waals surface area contributed by atoms with E-state index in [-0.39, 0.29) is 5.92 Å². The highest BCUT2D eigenvalue weighted by Crippen LogP contribution is 2.42. The number of nitrogens with zero attached hydrogens (tertiary/aromatic N) is 2. The Hall–Kier alpha value is -2.10. The van der Waals surface area contributed by atoms with E-state index in [0.717, 1.165) is 36.2 Å². The number of unbranched alkanes of at least 4 members (excludes halogenated alkanes) is 2. The Balaban J connectivity index is 1.68. The van der Waals surface area contributed by atoms with Gasteiger partial charge in [0, 0.05) is 24.2 Å². The van der Waals surface area contributed by atoms with Crippen LogP contribution >= 0.6 is 23.2 Å². The molecule has 0 unspecified atom stereocenters. The molecule has 2 aromatic carbocycles. The smallest absolute Gasteiger partial charge is 0.223 e. The summed E-state index contributed by atoms with van der Waals surface area (Å²) in [5.41, 5.74) is 5.78. The van der Waals surface area contributed by atoms with Crippen LogP contribution in [0.5, 0.6) is 0 Å². The molecule has 0 saturated heterocycles. The first kappa shape index (κ1) is 19.2. The zero-order valence-corrected chi connectivity index (χ0v) is 17.4. The third-order valence-electron chi connectivity index (χ3n) is 5.29. The molecule has 1 atom stereocenters. The van der Waals surface area contributed by atoms with Crippen LogP contribution in [-0.2, 0) is 6.42 Å². The van der Waals surface area contributed by atoms with Gasteiger partial charge in [0.15, 0.2) is 0 Å². The van der Waals surface area contributed by atoms with Crippen molar-refractivity contribution < 1.29 is 0 Å². The molecule has 3 nitrogen and oxygen atoms in total. The number of fused-ring (bicyclic) bond motifs is 3. The van der Waals surface area contributed by atoms with Gasteiger partial charge in [-0.2, -0.15) is 0 Å². The van der Waals surface area contributed by atoms with Gasteiger partial charge < -0.3 is 5.32 Å². The van der Waals surface area contributed by atoms with E-state index in [2.05, 4.69) is 47.6 Å². The SMILES string of the molecule is CCCCCNc1ncc2c(n1)-c1ccccc1[C@@H](c1ccc(Cl)c(Cl)c1)C2. The maximum absolute atomic E-state index is 6.29. The van der Waals surface area contributed by atoms with Gasteiger partial charge in [-0.1, -0.05) is 73.3 Å². The molecule has 0 aliphatic heterocycles. The second-order valence-corrected chi connectivity index (χ2v) is 8.03. The molecule has 0 saturated carbocycles. The molecule has 0 spiro atoms. The van der Waals surface area contributed by atoms with E-state index in [9.17, 15) is 0 Å². The quantitative estimate of drug-likeness (QED) is 0.456. The minimum atomic E-state index is 0.213. The minimum absolute atomic E-state index is 0.213. The number of halogens is 2. The number of nitrogens with one attached hydrogen (secondary N) is 1.